The van der Waals surface area contributed by atoms with Crippen LogP contribution in [0.5, 0.6) is 0 Å². The van der Waals surface area contributed by atoms with Crippen LogP contribution in [0.4, 0.5) is 13.2 Å². The Labute approximate surface area is 158 Å². The number of amides is 2. The Hall–Kier alpha value is -3.01. The summed E-state index contributed by atoms with van der Waals surface area (Å²) in [7, 11) is 0. The SMILES string of the molecule is CC(NC(=O)C1CC(=O)NC(c2ccccc2)N1)c1ncc(C(F)(F)F)cn1. The van der Waals surface area contributed by atoms with Crippen LogP contribution in [0.25, 0.3) is 0 Å². The lowest BCUT2D eigenvalue weighted by atomic mass is 10.0. The predicted molar refractivity (Wildman–Crippen MR) is 92.5 cm³/mol. The van der Waals surface area contributed by atoms with Crippen LogP contribution in [0.1, 0.15) is 42.5 Å². The van der Waals surface area contributed by atoms with Crippen molar-refractivity contribution in [3.63, 3.8) is 0 Å². The fourth-order valence-corrected chi connectivity index (χ4v) is 2.79. The second kappa shape index (κ2) is 7.93. The maximum atomic E-state index is 12.6. The predicted octanol–water partition coefficient (Wildman–Crippen LogP) is 1.85. The molecule has 0 aliphatic carbocycles. The molecule has 3 unspecified atom stereocenters. The van der Waals surface area contributed by atoms with E-state index in [2.05, 4.69) is 25.9 Å². The maximum Gasteiger partial charge on any atom is 0.419 e. The van der Waals surface area contributed by atoms with Gasteiger partial charge in [-0.25, -0.2) is 9.97 Å². The summed E-state index contributed by atoms with van der Waals surface area (Å²) in [6.45, 7) is 1.55. The zero-order valence-corrected chi connectivity index (χ0v) is 14.8. The molecule has 0 spiro atoms. The first-order valence-electron chi connectivity index (χ1n) is 8.54. The number of alkyl halides is 3. The second-order valence-electron chi connectivity index (χ2n) is 6.39. The molecule has 7 nitrogen and oxygen atoms in total. The molecule has 0 saturated carbocycles. The molecular weight excluding hydrogens is 375 g/mol. The first kappa shape index (κ1) is 19.7. The van der Waals surface area contributed by atoms with Crippen LogP contribution >= 0.6 is 0 Å². The quantitative estimate of drug-likeness (QED) is 0.737. The van der Waals surface area contributed by atoms with Gasteiger partial charge in [-0.1, -0.05) is 30.3 Å². The molecule has 0 bridgehead atoms. The van der Waals surface area contributed by atoms with Crippen molar-refractivity contribution in [2.75, 3.05) is 0 Å². The van der Waals surface area contributed by atoms with E-state index >= 15 is 0 Å². The number of nitrogens with zero attached hydrogens (tertiary/aromatic N) is 2. The lowest BCUT2D eigenvalue weighted by Gasteiger charge is -2.31. The molecule has 2 aromatic rings. The van der Waals surface area contributed by atoms with Crippen molar-refractivity contribution < 1.29 is 22.8 Å². The monoisotopic (exact) mass is 393 g/mol. The van der Waals surface area contributed by atoms with Crippen LogP contribution < -0.4 is 16.0 Å². The van der Waals surface area contributed by atoms with Crippen LogP contribution in [-0.2, 0) is 15.8 Å². The third kappa shape index (κ3) is 4.63. The van der Waals surface area contributed by atoms with E-state index in [4.69, 9.17) is 0 Å². The van der Waals surface area contributed by atoms with Crippen molar-refractivity contribution >= 4 is 11.8 Å². The number of rotatable bonds is 4. The van der Waals surface area contributed by atoms with E-state index in [9.17, 15) is 22.8 Å². The Kier molecular flexibility index (Phi) is 5.59. The van der Waals surface area contributed by atoms with Gasteiger partial charge in [-0.2, -0.15) is 13.2 Å². The second-order valence-corrected chi connectivity index (χ2v) is 6.39. The standard InChI is InChI=1S/C18H18F3N5O2/c1-10(15-22-8-12(9-23-15)18(19,20)21)24-17(28)13-7-14(27)26-16(25-13)11-5-3-2-4-6-11/h2-6,8-10,13,16,25H,7H2,1H3,(H,24,28)(H,26,27). The molecule has 1 aliphatic heterocycles. The maximum absolute atomic E-state index is 12.6. The van der Waals surface area contributed by atoms with Gasteiger partial charge in [0.25, 0.3) is 0 Å². The number of benzene rings is 1. The van der Waals surface area contributed by atoms with Crippen molar-refractivity contribution in [2.45, 2.75) is 37.8 Å². The third-order valence-electron chi connectivity index (χ3n) is 4.26. The summed E-state index contributed by atoms with van der Waals surface area (Å²) in [6.07, 6.45) is -3.77. The number of nitrogens with one attached hydrogen (secondary N) is 3. The molecule has 1 fully saturated rings. The van der Waals surface area contributed by atoms with E-state index in [1.54, 1.807) is 6.92 Å². The van der Waals surface area contributed by atoms with Crippen molar-refractivity contribution in [3.05, 3.63) is 59.7 Å². The topological polar surface area (TPSA) is 96.0 Å². The molecule has 28 heavy (non-hydrogen) atoms. The first-order valence-corrected chi connectivity index (χ1v) is 8.54. The van der Waals surface area contributed by atoms with Gasteiger partial charge in [0.05, 0.1) is 24.1 Å². The molecule has 0 radical (unpaired) electrons. The molecule has 1 saturated heterocycles. The molecule has 1 aromatic carbocycles. The number of carbonyl (C=O) groups excluding carboxylic acids is 2. The van der Waals surface area contributed by atoms with Crippen molar-refractivity contribution in [1.29, 1.82) is 0 Å². The Morgan fingerprint density at radius 3 is 2.46 bits per heavy atom. The average molecular weight is 393 g/mol. The Bertz CT molecular complexity index is 843. The lowest BCUT2D eigenvalue weighted by Crippen LogP contribution is -2.56. The van der Waals surface area contributed by atoms with Gasteiger partial charge in [0.2, 0.25) is 11.8 Å². The van der Waals surface area contributed by atoms with Crippen LogP contribution in [0, 0.1) is 0 Å². The van der Waals surface area contributed by atoms with Crippen LogP contribution in [-0.4, -0.2) is 27.8 Å². The zero-order valence-electron chi connectivity index (χ0n) is 14.8. The summed E-state index contributed by atoms with van der Waals surface area (Å²) in [5.74, 6) is -0.709. The average Bonchev–Trinajstić information content (AvgIpc) is 2.67. The van der Waals surface area contributed by atoms with E-state index in [1.165, 1.54) is 0 Å². The van der Waals surface area contributed by atoms with Crippen molar-refractivity contribution in [3.8, 4) is 0 Å². The van der Waals surface area contributed by atoms with Gasteiger partial charge in [-0.15, -0.1) is 0 Å². The third-order valence-corrected chi connectivity index (χ3v) is 4.26. The summed E-state index contributed by atoms with van der Waals surface area (Å²) in [4.78, 5) is 31.9. The molecular formula is C18H18F3N5O2. The molecule has 1 aliphatic rings. The summed E-state index contributed by atoms with van der Waals surface area (Å²) in [5, 5.41) is 8.44. The molecule has 2 amide bonds. The number of hydrogen-bond donors (Lipinski definition) is 3. The molecule has 3 rings (SSSR count). The fourth-order valence-electron chi connectivity index (χ4n) is 2.79. The van der Waals surface area contributed by atoms with Gasteiger partial charge in [-0.3, -0.25) is 14.9 Å². The van der Waals surface area contributed by atoms with Crippen LogP contribution in [0.2, 0.25) is 0 Å². The summed E-state index contributed by atoms with van der Waals surface area (Å²) < 4.78 is 37.8. The van der Waals surface area contributed by atoms with E-state index in [-0.39, 0.29) is 18.2 Å². The summed E-state index contributed by atoms with van der Waals surface area (Å²) in [5.41, 5.74) is -0.168. The van der Waals surface area contributed by atoms with Gasteiger partial charge in [0.1, 0.15) is 12.0 Å². The molecule has 3 atom stereocenters. The summed E-state index contributed by atoms with van der Waals surface area (Å²) >= 11 is 0. The molecule has 148 valence electrons. The van der Waals surface area contributed by atoms with E-state index in [0.29, 0.717) is 12.4 Å². The molecule has 1 aromatic heterocycles. The van der Waals surface area contributed by atoms with E-state index in [0.717, 1.165) is 5.56 Å². The van der Waals surface area contributed by atoms with Crippen LogP contribution in [0.15, 0.2) is 42.7 Å². The van der Waals surface area contributed by atoms with Crippen LogP contribution in [0.3, 0.4) is 0 Å². The first-order chi connectivity index (χ1) is 13.2. The normalized spacial score (nSPS) is 20.9. The van der Waals surface area contributed by atoms with Gasteiger partial charge >= 0.3 is 6.18 Å². The van der Waals surface area contributed by atoms with E-state index < -0.39 is 35.9 Å². The van der Waals surface area contributed by atoms with Gasteiger partial charge in [0, 0.05) is 12.4 Å². The molecule has 10 heteroatoms. The highest BCUT2D eigenvalue weighted by Gasteiger charge is 2.33. The minimum atomic E-state index is -4.53. The largest absolute Gasteiger partial charge is 0.419 e. The van der Waals surface area contributed by atoms with Gasteiger partial charge < -0.3 is 10.6 Å². The Morgan fingerprint density at radius 2 is 1.86 bits per heavy atom. The smallest absolute Gasteiger partial charge is 0.345 e. The highest BCUT2D eigenvalue weighted by atomic mass is 19.4. The van der Waals surface area contributed by atoms with Crippen molar-refractivity contribution in [1.82, 2.24) is 25.9 Å². The van der Waals surface area contributed by atoms with Crippen molar-refractivity contribution in [2.24, 2.45) is 0 Å². The Balaban J connectivity index is 1.65. The number of carbonyl (C=O) groups is 2. The number of aromatic nitrogens is 2. The lowest BCUT2D eigenvalue weighted by molar-refractivity contribution is -0.138. The van der Waals surface area contributed by atoms with Gasteiger partial charge in [-0.05, 0) is 12.5 Å². The highest BCUT2D eigenvalue weighted by Crippen LogP contribution is 2.28. The molecule has 3 N–H and O–H groups in total. The summed E-state index contributed by atoms with van der Waals surface area (Å²) in [6, 6.07) is 7.58. The number of halogens is 3. The highest BCUT2D eigenvalue weighted by molar-refractivity contribution is 5.89. The molecule has 2 heterocycles. The minimum Gasteiger partial charge on any atom is -0.345 e. The fraction of sp³-hybridized carbons (Fsp3) is 0.333. The number of hydrogen-bond acceptors (Lipinski definition) is 5. The zero-order chi connectivity index (χ0) is 20.3. The van der Waals surface area contributed by atoms with Gasteiger partial charge in [0.15, 0.2) is 0 Å². The van der Waals surface area contributed by atoms with E-state index in [1.807, 2.05) is 30.3 Å². The minimum absolute atomic E-state index is 0.0428. The Morgan fingerprint density at radius 1 is 1.21 bits per heavy atom.